The Morgan fingerprint density at radius 2 is 1.70 bits per heavy atom. The monoisotopic (exact) mass is 268 g/mol. The smallest absolute Gasteiger partial charge is 0.119 e. The van der Waals surface area contributed by atoms with Crippen LogP contribution in [0.15, 0.2) is 42.5 Å². The number of hydrogen-bond donors (Lipinski definition) is 1. The molecule has 1 N–H and O–H groups in total. The molecule has 0 aromatic heterocycles. The van der Waals surface area contributed by atoms with Crippen LogP contribution in [0.1, 0.15) is 41.7 Å². The van der Waals surface area contributed by atoms with E-state index >= 15 is 0 Å². The summed E-state index contributed by atoms with van der Waals surface area (Å²) in [5, 5.41) is 10.5. The van der Waals surface area contributed by atoms with Crippen LogP contribution in [0, 0.1) is 0 Å². The maximum Gasteiger partial charge on any atom is 0.119 e. The Morgan fingerprint density at radius 1 is 1.00 bits per heavy atom. The minimum atomic E-state index is -0.559. The molecule has 0 aliphatic heterocycles. The van der Waals surface area contributed by atoms with Gasteiger partial charge in [0.25, 0.3) is 0 Å². The van der Waals surface area contributed by atoms with Gasteiger partial charge < -0.3 is 9.84 Å². The van der Waals surface area contributed by atoms with E-state index in [1.165, 1.54) is 24.0 Å². The second-order valence-electron chi connectivity index (χ2n) is 5.29. The predicted molar refractivity (Wildman–Crippen MR) is 80.1 cm³/mol. The third-order valence-corrected chi connectivity index (χ3v) is 3.95. The van der Waals surface area contributed by atoms with Crippen molar-refractivity contribution in [3.63, 3.8) is 0 Å². The van der Waals surface area contributed by atoms with Gasteiger partial charge in [0.05, 0.1) is 6.61 Å². The third kappa shape index (κ3) is 2.56. The van der Waals surface area contributed by atoms with Gasteiger partial charge in [0.2, 0.25) is 0 Å². The zero-order valence-corrected chi connectivity index (χ0v) is 11.8. The topological polar surface area (TPSA) is 29.5 Å². The molecule has 0 fully saturated rings. The third-order valence-electron chi connectivity index (χ3n) is 3.95. The van der Waals surface area contributed by atoms with Gasteiger partial charge in [0.15, 0.2) is 0 Å². The van der Waals surface area contributed by atoms with Gasteiger partial charge >= 0.3 is 0 Å². The first-order valence-electron chi connectivity index (χ1n) is 7.30. The summed E-state index contributed by atoms with van der Waals surface area (Å²) in [4.78, 5) is 0. The number of ether oxygens (including phenoxy) is 1. The molecule has 2 heteroatoms. The molecule has 104 valence electrons. The Bertz CT molecular complexity index is 587. The van der Waals surface area contributed by atoms with E-state index in [4.69, 9.17) is 4.74 Å². The van der Waals surface area contributed by atoms with Crippen LogP contribution in [-0.2, 0) is 12.8 Å². The molecule has 1 atom stereocenters. The molecule has 0 heterocycles. The lowest BCUT2D eigenvalue weighted by Crippen LogP contribution is -2.01. The van der Waals surface area contributed by atoms with E-state index in [1.54, 1.807) is 0 Å². The molecule has 20 heavy (non-hydrogen) atoms. The van der Waals surface area contributed by atoms with Gasteiger partial charge in [-0.05, 0) is 60.6 Å². The SMILES string of the molecule is CCOc1ccc(C(O)c2ccc3c(c2)CCC3)cc1. The number of fused-ring (bicyclic) bond motifs is 1. The number of aliphatic hydroxyl groups excluding tert-OH is 1. The van der Waals surface area contributed by atoms with Gasteiger partial charge in [-0.25, -0.2) is 0 Å². The van der Waals surface area contributed by atoms with Crippen molar-refractivity contribution in [2.24, 2.45) is 0 Å². The molecule has 1 unspecified atom stereocenters. The summed E-state index contributed by atoms with van der Waals surface area (Å²) in [5.74, 6) is 0.845. The van der Waals surface area contributed by atoms with Gasteiger partial charge in [0, 0.05) is 0 Å². The molecule has 3 rings (SSSR count). The highest BCUT2D eigenvalue weighted by Gasteiger charge is 2.15. The molecule has 0 bridgehead atoms. The first-order valence-corrected chi connectivity index (χ1v) is 7.30. The van der Waals surface area contributed by atoms with Crippen LogP contribution in [0.2, 0.25) is 0 Å². The minimum absolute atomic E-state index is 0.559. The standard InChI is InChI=1S/C18H20O2/c1-2-20-17-10-8-14(9-11-17)18(19)16-7-6-13-4-3-5-15(13)12-16/h6-12,18-19H,2-5H2,1H3. The highest BCUT2D eigenvalue weighted by Crippen LogP contribution is 2.29. The first kappa shape index (κ1) is 13.2. The molecule has 0 saturated heterocycles. The number of hydrogen-bond acceptors (Lipinski definition) is 2. The number of aryl methyl sites for hydroxylation is 2. The highest BCUT2D eigenvalue weighted by molar-refractivity contribution is 5.40. The van der Waals surface area contributed by atoms with Gasteiger partial charge in [-0.15, -0.1) is 0 Å². The summed E-state index contributed by atoms with van der Waals surface area (Å²) in [5.41, 5.74) is 4.72. The normalized spacial score (nSPS) is 14.9. The van der Waals surface area contributed by atoms with Crippen molar-refractivity contribution in [1.29, 1.82) is 0 Å². The van der Waals surface area contributed by atoms with Crippen LogP contribution < -0.4 is 4.74 Å². The van der Waals surface area contributed by atoms with E-state index < -0.39 is 6.10 Å². The summed E-state index contributed by atoms with van der Waals surface area (Å²) in [6, 6.07) is 14.1. The summed E-state index contributed by atoms with van der Waals surface area (Å²) < 4.78 is 5.43. The quantitative estimate of drug-likeness (QED) is 0.917. The molecular weight excluding hydrogens is 248 g/mol. The van der Waals surface area contributed by atoms with Crippen molar-refractivity contribution >= 4 is 0 Å². The average molecular weight is 268 g/mol. The van der Waals surface area contributed by atoms with Crippen LogP contribution in [0.4, 0.5) is 0 Å². The lowest BCUT2D eigenvalue weighted by atomic mass is 9.98. The zero-order chi connectivity index (χ0) is 13.9. The van der Waals surface area contributed by atoms with Gasteiger partial charge in [0.1, 0.15) is 11.9 Å². The van der Waals surface area contributed by atoms with Crippen molar-refractivity contribution in [2.45, 2.75) is 32.3 Å². The summed E-state index contributed by atoms with van der Waals surface area (Å²) in [6.45, 7) is 2.63. The molecule has 2 aromatic rings. The largest absolute Gasteiger partial charge is 0.494 e. The average Bonchev–Trinajstić information content (AvgIpc) is 2.95. The molecule has 2 nitrogen and oxygen atoms in total. The molecule has 2 aromatic carbocycles. The number of aliphatic hydroxyl groups is 1. The van der Waals surface area contributed by atoms with Crippen LogP contribution in [0.3, 0.4) is 0 Å². The van der Waals surface area contributed by atoms with Crippen LogP contribution in [-0.4, -0.2) is 11.7 Å². The van der Waals surface area contributed by atoms with E-state index in [0.29, 0.717) is 6.61 Å². The first-order chi connectivity index (χ1) is 9.78. The summed E-state index contributed by atoms with van der Waals surface area (Å²) >= 11 is 0. The second-order valence-corrected chi connectivity index (χ2v) is 5.29. The van der Waals surface area contributed by atoms with Gasteiger partial charge in [-0.1, -0.05) is 30.3 Å². The van der Waals surface area contributed by atoms with Crippen molar-refractivity contribution in [3.05, 3.63) is 64.7 Å². The molecule has 0 radical (unpaired) electrons. The van der Waals surface area contributed by atoms with E-state index in [2.05, 4.69) is 12.1 Å². The van der Waals surface area contributed by atoms with E-state index in [-0.39, 0.29) is 0 Å². The number of benzene rings is 2. The summed E-state index contributed by atoms with van der Waals surface area (Å²) in [6.07, 6.45) is 2.99. The maximum atomic E-state index is 10.5. The maximum absolute atomic E-state index is 10.5. The van der Waals surface area contributed by atoms with Crippen molar-refractivity contribution < 1.29 is 9.84 Å². The van der Waals surface area contributed by atoms with E-state index in [0.717, 1.165) is 23.3 Å². The molecule has 0 amide bonds. The number of rotatable bonds is 4. The Morgan fingerprint density at radius 3 is 2.45 bits per heavy atom. The zero-order valence-electron chi connectivity index (χ0n) is 11.8. The summed E-state index contributed by atoms with van der Waals surface area (Å²) in [7, 11) is 0. The fourth-order valence-electron chi connectivity index (χ4n) is 2.87. The van der Waals surface area contributed by atoms with Gasteiger partial charge in [-0.3, -0.25) is 0 Å². The van der Waals surface area contributed by atoms with Crippen molar-refractivity contribution in [1.82, 2.24) is 0 Å². The molecule has 0 spiro atoms. The van der Waals surface area contributed by atoms with E-state index in [9.17, 15) is 5.11 Å². The Labute approximate surface area is 120 Å². The molecule has 0 saturated carbocycles. The lowest BCUT2D eigenvalue weighted by Gasteiger charge is -2.14. The van der Waals surface area contributed by atoms with Crippen molar-refractivity contribution in [2.75, 3.05) is 6.61 Å². The Balaban J connectivity index is 1.82. The Hall–Kier alpha value is -1.80. The Kier molecular flexibility index (Phi) is 3.75. The van der Waals surface area contributed by atoms with Crippen LogP contribution in [0.5, 0.6) is 5.75 Å². The highest BCUT2D eigenvalue weighted by atomic mass is 16.5. The molecular formula is C18H20O2. The fourth-order valence-corrected chi connectivity index (χ4v) is 2.87. The van der Waals surface area contributed by atoms with E-state index in [1.807, 2.05) is 37.3 Å². The van der Waals surface area contributed by atoms with Crippen molar-refractivity contribution in [3.8, 4) is 5.75 Å². The molecule has 1 aliphatic rings. The fraction of sp³-hybridized carbons (Fsp3) is 0.333. The van der Waals surface area contributed by atoms with Crippen LogP contribution in [0.25, 0.3) is 0 Å². The predicted octanol–water partition coefficient (Wildman–Crippen LogP) is 3.66. The molecule has 1 aliphatic carbocycles. The lowest BCUT2D eigenvalue weighted by molar-refractivity contribution is 0.220. The second kappa shape index (κ2) is 5.68. The van der Waals surface area contributed by atoms with Crippen LogP contribution >= 0.6 is 0 Å². The minimum Gasteiger partial charge on any atom is -0.494 e. The van der Waals surface area contributed by atoms with Gasteiger partial charge in [-0.2, -0.15) is 0 Å².